The Morgan fingerprint density at radius 2 is 2.06 bits per heavy atom. The highest BCUT2D eigenvalue weighted by atomic mass is 35.5. The maximum absolute atomic E-state index is 6.31. The number of likely N-dealkylation sites (N-methyl/N-ethyl adjacent to an activating group) is 1. The summed E-state index contributed by atoms with van der Waals surface area (Å²) in [6, 6.07) is 6.08. The van der Waals surface area contributed by atoms with Crippen molar-refractivity contribution in [3.63, 3.8) is 0 Å². The third-order valence-corrected chi connectivity index (χ3v) is 3.23. The molecule has 102 valence electrons. The van der Waals surface area contributed by atoms with Gasteiger partial charge in [-0.1, -0.05) is 23.7 Å². The molecule has 4 heteroatoms. The number of para-hydroxylation sites is 1. The number of halogens is 1. The molecule has 0 aliphatic carbocycles. The fourth-order valence-electron chi connectivity index (χ4n) is 2.05. The summed E-state index contributed by atoms with van der Waals surface area (Å²) in [5.41, 5.74) is 8.12. The molecule has 3 nitrogen and oxygen atoms in total. The van der Waals surface area contributed by atoms with Crippen molar-refractivity contribution in [2.24, 2.45) is 5.73 Å². The zero-order valence-electron chi connectivity index (χ0n) is 11.6. The minimum Gasteiger partial charge on any atom is -0.380 e. The summed E-state index contributed by atoms with van der Waals surface area (Å²) in [7, 11) is 3.75. The third kappa shape index (κ3) is 4.16. The maximum Gasteiger partial charge on any atom is 0.0717 e. The van der Waals surface area contributed by atoms with Gasteiger partial charge >= 0.3 is 0 Å². The van der Waals surface area contributed by atoms with Crippen molar-refractivity contribution in [2.45, 2.75) is 32.4 Å². The zero-order chi connectivity index (χ0) is 13.7. The lowest BCUT2D eigenvalue weighted by molar-refractivity contribution is 0.124. The molecule has 0 aliphatic rings. The molecule has 0 saturated carbocycles. The molecule has 1 aromatic rings. The quantitative estimate of drug-likeness (QED) is 0.864. The fraction of sp³-hybridized carbons (Fsp3) is 0.571. The molecule has 2 N–H and O–H groups in total. The number of methoxy groups -OCH3 is 1. The summed E-state index contributed by atoms with van der Waals surface area (Å²) in [5, 5.41) is 0.763. The lowest BCUT2D eigenvalue weighted by Crippen LogP contribution is -2.30. The zero-order valence-corrected chi connectivity index (χ0v) is 12.4. The largest absolute Gasteiger partial charge is 0.380 e. The minimum atomic E-state index is 0.121. The van der Waals surface area contributed by atoms with E-state index >= 15 is 0 Å². The smallest absolute Gasteiger partial charge is 0.0717 e. The van der Waals surface area contributed by atoms with Crippen molar-refractivity contribution < 1.29 is 4.74 Å². The molecule has 0 heterocycles. The van der Waals surface area contributed by atoms with Crippen LogP contribution < -0.4 is 10.6 Å². The first-order valence-electron chi connectivity index (χ1n) is 6.22. The van der Waals surface area contributed by atoms with E-state index in [4.69, 9.17) is 22.1 Å². The lowest BCUT2D eigenvalue weighted by Gasteiger charge is -2.26. The van der Waals surface area contributed by atoms with Crippen LogP contribution in [0.15, 0.2) is 18.2 Å². The van der Waals surface area contributed by atoms with Crippen molar-refractivity contribution in [3.05, 3.63) is 28.8 Å². The van der Waals surface area contributed by atoms with Crippen LogP contribution in [0.4, 0.5) is 5.69 Å². The molecule has 0 radical (unpaired) electrons. The Kier molecular flexibility index (Phi) is 5.93. The van der Waals surface area contributed by atoms with E-state index in [9.17, 15) is 0 Å². The molecule has 0 spiro atoms. The standard InChI is InChI=1S/C14H23ClN2O/c1-10(16)8-12-6-5-7-13(15)14(12)17(3)9-11(2)18-4/h5-7,10-11H,8-9,16H2,1-4H3. The van der Waals surface area contributed by atoms with Crippen LogP contribution >= 0.6 is 11.6 Å². The number of ether oxygens (including phenoxy) is 1. The van der Waals surface area contributed by atoms with Crippen molar-refractivity contribution in [1.82, 2.24) is 0 Å². The second-order valence-electron chi connectivity index (χ2n) is 4.86. The van der Waals surface area contributed by atoms with E-state index in [2.05, 4.69) is 11.0 Å². The molecular formula is C14H23ClN2O. The average Bonchev–Trinajstić information content (AvgIpc) is 2.27. The molecule has 2 unspecified atom stereocenters. The number of anilines is 1. The fourth-order valence-corrected chi connectivity index (χ4v) is 2.39. The van der Waals surface area contributed by atoms with Crippen molar-refractivity contribution >= 4 is 17.3 Å². The lowest BCUT2D eigenvalue weighted by atomic mass is 10.0. The summed E-state index contributed by atoms with van der Waals surface area (Å²) in [4.78, 5) is 2.13. The highest BCUT2D eigenvalue weighted by Gasteiger charge is 2.14. The summed E-state index contributed by atoms with van der Waals surface area (Å²) in [5.74, 6) is 0. The van der Waals surface area contributed by atoms with Gasteiger partial charge in [0.15, 0.2) is 0 Å². The van der Waals surface area contributed by atoms with E-state index in [1.54, 1.807) is 7.11 Å². The van der Waals surface area contributed by atoms with Gasteiger partial charge in [0.25, 0.3) is 0 Å². The van der Waals surface area contributed by atoms with Crippen LogP contribution in [-0.2, 0) is 11.2 Å². The topological polar surface area (TPSA) is 38.5 Å². The van der Waals surface area contributed by atoms with Gasteiger partial charge in [-0.15, -0.1) is 0 Å². The highest BCUT2D eigenvalue weighted by Crippen LogP contribution is 2.30. The van der Waals surface area contributed by atoms with Crippen molar-refractivity contribution in [3.8, 4) is 0 Å². The van der Waals surface area contributed by atoms with Gasteiger partial charge in [0.2, 0.25) is 0 Å². The predicted molar refractivity (Wildman–Crippen MR) is 78.5 cm³/mol. The summed E-state index contributed by atoms with van der Waals surface area (Å²) in [6.07, 6.45) is 0.983. The second-order valence-corrected chi connectivity index (χ2v) is 5.26. The van der Waals surface area contributed by atoms with E-state index in [0.29, 0.717) is 0 Å². The van der Waals surface area contributed by atoms with Crippen LogP contribution in [0.25, 0.3) is 0 Å². The summed E-state index contributed by atoms with van der Waals surface area (Å²) in [6.45, 7) is 4.84. The Balaban J connectivity index is 2.97. The van der Waals surface area contributed by atoms with Crippen LogP contribution in [0.1, 0.15) is 19.4 Å². The molecule has 1 aromatic carbocycles. The van der Waals surface area contributed by atoms with Gasteiger partial charge in [-0.05, 0) is 31.9 Å². The first kappa shape index (κ1) is 15.3. The monoisotopic (exact) mass is 270 g/mol. The van der Waals surface area contributed by atoms with E-state index in [1.807, 2.05) is 33.0 Å². The molecule has 1 rings (SSSR count). The van der Waals surface area contributed by atoms with Crippen LogP contribution in [0.5, 0.6) is 0 Å². The maximum atomic E-state index is 6.31. The number of nitrogens with two attached hydrogens (primary N) is 1. The van der Waals surface area contributed by atoms with Gasteiger partial charge in [0.1, 0.15) is 0 Å². The Hall–Kier alpha value is -0.770. The summed E-state index contributed by atoms with van der Waals surface area (Å²) < 4.78 is 5.29. The Labute approximate surface area is 115 Å². The van der Waals surface area contributed by atoms with Crippen LogP contribution in [0, 0.1) is 0 Å². The van der Waals surface area contributed by atoms with Crippen molar-refractivity contribution in [1.29, 1.82) is 0 Å². The predicted octanol–water partition coefficient (Wildman–Crippen LogP) is 2.70. The van der Waals surface area contributed by atoms with E-state index in [1.165, 1.54) is 5.56 Å². The molecule has 0 aliphatic heterocycles. The summed E-state index contributed by atoms with van der Waals surface area (Å²) >= 11 is 6.31. The molecular weight excluding hydrogens is 248 g/mol. The van der Waals surface area contributed by atoms with Gasteiger partial charge in [0.05, 0.1) is 16.8 Å². The molecule has 0 aromatic heterocycles. The van der Waals surface area contributed by atoms with E-state index in [-0.39, 0.29) is 12.1 Å². The van der Waals surface area contributed by atoms with Gasteiger partial charge in [-0.2, -0.15) is 0 Å². The minimum absolute atomic E-state index is 0.121. The van der Waals surface area contributed by atoms with Crippen molar-refractivity contribution in [2.75, 3.05) is 25.6 Å². The SMILES string of the molecule is COC(C)CN(C)c1c(Cl)cccc1CC(C)N. The molecule has 0 saturated heterocycles. The Bertz CT molecular complexity index is 382. The number of hydrogen-bond donors (Lipinski definition) is 1. The third-order valence-electron chi connectivity index (χ3n) is 2.93. The number of benzene rings is 1. The van der Waals surface area contributed by atoms with Crippen LogP contribution in [0.2, 0.25) is 5.02 Å². The van der Waals surface area contributed by atoms with Gasteiger partial charge in [-0.3, -0.25) is 0 Å². The van der Waals surface area contributed by atoms with E-state index < -0.39 is 0 Å². The Morgan fingerprint density at radius 3 is 2.61 bits per heavy atom. The molecule has 0 amide bonds. The average molecular weight is 271 g/mol. The van der Waals surface area contributed by atoms with Gasteiger partial charge in [-0.25, -0.2) is 0 Å². The number of hydrogen-bond acceptors (Lipinski definition) is 3. The second kappa shape index (κ2) is 6.98. The van der Waals surface area contributed by atoms with Gasteiger partial charge < -0.3 is 15.4 Å². The molecule has 0 fully saturated rings. The number of rotatable bonds is 6. The van der Waals surface area contributed by atoms with E-state index in [0.717, 1.165) is 23.7 Å². The normalized spacial score (nSPS) is 14.3. The van der Waals surface area contributed by atoms with Crippen LogP contribution in [-0.4, -0.2) is 32.8 Å². The Morgan fingerprint density at radius 1 is 1.39 bits per heavy atom. The number of nitrogens with zero attached hydrogens (tertiary/aromatic N) is 1. The molecule has 0 bridgehead atoms. The molecule has 2 atom stereocenters. The first-order chi connectivity index (χ1) is 8.45. The van der Waals surface area contributed by atoms with Gasteiger partial charge in [0, 0.05) is 26.7 Å². The van der Waals surface area contributed by atoms with Crippen LogP contribution in [0.3, 0.4) is 0 Å². The first-order valence-corrected chi connectivity index (χ1v) is 6.60. The highest BCUT2D eigenvalue weighted by molar-refractivity contribution is 6.33. The molecule has 18 heavy (non-hydrogen) atoms.